The van der Waals surface area contributed by atoms with Crippen LogP contribution in [-0.4, -0.2) is 114 Å². The monoisotopic (exact) mass is 807 g/mol. The molecule has 0 saturated carbocycles. The molecule has 0 aromatic heterocycles. The van der Waals surface area contributed by atoms with Crippen molar-refractivity contribution in [2.75, 3.05) is 84.4 Å². The minimum Gasteiger partial charge on any atom is -0.449 e. The van der Waals surface area contributed by atoms with Crippen LogP contribution in [0.25, 0.3) is 11.1 Å². The number of hydrogen-bond donors (Lipinski definition) is 6. The molecule has 3 aromatic rings. The molecule has 0 unspecified atom stereocenters. The molecule has 0 aliphatic heterocycles. The number of rotatable bonds is 26. The van der Waals surface area contributed by atoms with E-state index in [0.717, 1.165) is 11.1 Å². The zero-order valence-corrected chi connectivity index (χ0v) is 33.8. The lowest BCUT2D eigenvalue weighted by atomic mass is 9.98. The van der Waals surface area contributed by atoms with Crippen LogP contribution < -0.4 is 27.0 Å². The Labute approximate surface area is 341 Å². The number of ether oxygens (including phenoxy) is 5. The van der Waals surface area contributed by atoms with E-state index in [1.165, 1.54) is 17.5 Å². The van der Waals surface area contributed by atoms with Crippen molar-refractivity contribution in [2.24, 2.45) is 5.73 Å². The number of aliphatic hydroxyl groups is 1. The minimum atomic E-state index is -0.828. The summed E-state index contributed by atoms with van der Waals surface area (Å²) in [6.07, 6.45) is 1.67. The number of amides is 4. The molecule has 318 valence electrons. The molecule has 0 saturated heterocycles. The third-order valence-corrected chi connectivity index (χ3v) is 8.65. The summed E-state index contributed by atoms with van der Waals surface area (Å²) in [5.74, 6) is -1.27. The molecule has 15 nitrogen and oxygen atoms in total. The summed E-state index contributed by atoms with van der Waals surface area (Å²) in [6.45, 7) is 7.34. The Balaban J connectivity index is 0.00000291. The van der Waals surface area contributed by atoms with Crippen LogP contribution in [0.15, 0.2) is 72.8 Å². The van der Waals surface area contributed by atoms with Gasteiger partial charge in [-0.25, -0.2) is 4.79 Å². The normalized spacial score (nSPS) is 12.0. The van der Waals surface area contributed by atoms with E-state index in [2.05, 4.69) is 59.4 Å². The SMILES string of the molecule is CCC.NCCC[C@@H](NC(=O)CNC(=O)CCOCCOCCOCCOCCNC(=O)OCC1c2ccccc2-c2ccccc21)C(=O)Nc1ccc(CO)cc1. The Morgan fingerprint density at radius 1 is 0.724 bits per heavy atom. The summed E-state index contributed by atoms with van der Waals surface area (Å²) in [6, 6.07) is 22.2. The van der Waals surface area contributed by atoms with Crippen LogP contribution in [0.5, 0.6) is 0 Å². The Morgan fingerprint density at radius 3 is 1.84 bits per heavy atom. The zero-order chi connectivity index (χ0) is 41.8. The summed E-state index contributed by atoms with van der Waals surface area (Å²) in [7, 11) is 0. The highest BCUT2D eigenvalue weighted by Crippen LogP contribution is 2.44. The predicted molar refractivity (Wildman–Crippen MR) is 221 cm³/mol. The first-order chi connectivity index (χ1) is 28.3. The number of alkyl carbamates (subject to hydrolysis) is 1. The van der Waals surface area contributed by atoms with Gasteiger partial charge >= 0.3 is 6.09 Å². The van der Waals surface area contributed by atoms with E-state index in [1.54, 1.807) is 24.3 Å². The highest BCUT2D eigenvalue weighted by molar-refractivity contribution is 5.97. The average Bonchev–Trinajstić information content (AvgIpc) is 3.56. The number of carbonyl (C=O) groups is 4. The van der Waals surface area contributed by atoms with Gasteiger partial charge in [0.1, 0.15) is 12.6 Å². The lowest BCUT2D eigenvalue weighted by Crippen LogP contribution is -2.47. The van der Waals surface area contributed by atoms with E-state index in [9.17, 15) is 24.3 Å². The Bertz CT molecular complexity index is 1610. The first kappa shape index (κ1) is 47.5. The molecule has 58 heavy (non-hydrogen) atoms. The second-order valence-electron chi connectivity index (χ2n) is 13.3. The maximum Gasteiger partial charge on any atom is 0.407 e. The molecule has 1 atom stereocenters. The van der Waals surface area contributed by atoms with Gasteiger partial charge in [0.25, 0.3) is 0 Å². The van der Waals surface area contributed by atoms with Crippen LogP contribution in [0.1, 0.15) is 62.1 Å². The second kappa shape index (κ2) is 28.5. The number of nitrogens with one attached hydrogen (secondary N) is 4. The highest BCUT2D eigenvalue weighted by Gasteiger charge is 2.29. The van der Waals surface area contributed by atoms with Crippen LogP contribution in [0.3, 0.4) is 0 Å². The van der Waals surface area contributed by atoms with Crippen molar-refractivity contribution in [1.82, 2.24) is 16.0 Å². The smallest absolute Gasteiger partial charge is 0.407 e. The van der Waals surface area contributed by atoms with Crippen LogP contribution in [0, 0.1) is 0 Å². The van der Waals surface area contributed by atoms with Gasteiger partial charge in [-0.1, -0.05) is 80.9 Å². The molecule has 7 N–H and O–H groups in total. The summed E-state index contributed by atoms with van der Waals surface area (Å²) in [5.41, 5.74) is 11.5. The maximum atomic E-state index is 12.8. The van der Waals surface area contributed by atoms with Crippen molar-refractivity contribution in [3.63, 3.8) is 0 Å². The van der Waals surface area contributed by atoms with Gasteiger partial charge in [0.15, 0.2) is 0 Å². The summed E-state index contributed by atoms with van der Waals surface area (Å²) in [4.78, 5) is 49.6. The number of nitrogens with two attached hydrogens (primary N) is 1. The summed E-state index contributed by atoms with van der Waals surface area (Å²) < 4.78 is 27.4. The lowest BCUT2D eigenvalue weighted by Gasteiger charge is -2.18. The van der Waals surface area contributed by atoms with E-state index in [1.807, 2.05) is 24.3 Å². The summed E-state index contributed by atoms with van der Waals surface area (Å²) in [5, 5.41) is 19.8. The summed E-state index contributed by atoms with van der Waals surface area (Å²) >= 11 is 0. The molecule has 1 aliphatic rings. The Kier molecular flexibility index (Phi) is 23.3. The van der Waals surface area contributed by atoms with Crippen LogP contribution >= 0.6 is 0 Å². The lowest BCUT2D eigenvalue weighted by molar-refractivity contribution is -0.128. The third-order valence-electron chi connectivity index (χ3n) is 8.65. The van der Waals surface area contributed by atoms with E-state index in [-0.39, 0.29) is 51.2 Å². The van der Waals surface area contributed by atoms with E-state index < -0.39 is 23.9 Å². The van der Waals surface area contributed by atoms with Gasteiger partial charge < -0.3 is 55.8 Å². The van der Waals surface area contributed by atoms with Gasteiger partial charge in [0, 0.05) is 24.6 Å². The molecular weight excluding hydrogens is 746 g/mol. The first-order valence-corrected chi connectivity index (χ1v) is 20.0. The van der Waals surface area contributed by atoms with Gasteiger partial charge in [0.05, 0.1) is 66.0 Å². The van der Waals surface area contributed by atoms with E-state index in [4.69, 9.17) is 29.4 Å². The largest absolute Gasteiger partial charge is 0.449 e. The highest BCUT2D eigenvalue weighted by atomic mass is 16.6. The molecule has 0 heterocycles. The van der Waals surface area contributed by atoms with Crippen LogP contribution in [0.2, 0.25) is 0 Å². The van der Waals surface area contributed by atoms with Gasteiger partial charge in [-0.2, -0.15) is 0 Å². The van der Waals surface area contributed by atoms with Gasteiger partial charge in [0.2, 0.25) is 17.7 Å². The van der Waals surface area contributed by atoms with Crippen molar-refractivity contribution < 1.29 is 48.0 Å². The van der Waals surface area contributed by atoms with Crippen molar-refractivity contribution >= 4 is 29.5 Å². The van der Waals surface area contributed by atoms with E-state index in [0.29, 0.717) is 76.8 Å². The van der Waals surface area contributed by atoms with Gasteiger partial charge in [-0.15, -0.1) is 0 Å². The molecule has 3 aromatic carbocycles. The average molecular weight is 808 g/mol. The fourth-order valence-corrected chi connectivity index (χ4v) is 5.83. The predicted octanol–water partition coefficient (Wildman–Crippen LogP) is 3.87. The molecular formula is C43H61N5O10. The van der Waals surface area contributed by atoms with Gasteiger partial charge in [-0.05, 0) is 59.3 Å². The molecule has 15 heteroatoms. The number of aliphatic hydroxyl groups excluding tert-OH is 1. The molecule has 1 aliphatic carbocycles. The van der Waals surface area contributed by atoms with Gasteiger partial charge in [-0.3, -0.25) is 14.4 Å². The molecule has 0 radical (unpaired) electrons. The molecule has 0 fully saturated rings. The van der Waals surface area contributed by atoms with Crippen LogP contribution in [-0.2, 0) is 44.7 Å². The van der Waals surface area contributed by atoms with Crippen molar-refractivity contribution in [3.05, 3.63) is 89.5 Å². The molecule has 0 spiro atoms. The number of hydrogen-bond acceptors (Lipinski definition) is 11. The number of fused-ring (bicyclic) bond motifs is 3. The van der Waals surface area contributed by atoms with Crippen LogP contribution in [0.4, 0.5) is 10.5 Å². The first-order valence-electron chi connectivity index (χ1n) is 20.0. The molecule has 0 bridgehead atoms. The van der Waals surface area contributed by atoms with Crippen molar-refractivity contribution in [2.45, 2.75) is 58.1 Å². The van der Waals surface area contributed by atoms with Crippen molar-refractivity contribution in [3.8, 4) is 11.1 Å². The maximum absolute atomic E-state index is 12.8. The number of benzene rings is 3. The van der Waals surface area contributed by atoms with Crippen molar-refractivity contribution in [1.29, 1.82) is 0 Å². The fourth-order valence-electron chi connectivity index (χ4n) is 5.83. The number of anilines is 1. The standard InChI is InChI=1S/C40H53N5O10.C3H8/c41-16-5-10-36(39(49)44-30-13-11-29(27-46)12-14-30)45-38(48)26-43-37(47)15-18-51-20-22-53-24-25-54-23-21-52-19-17-42-40(50)55-28-35-33-8-3-1-6-31(33)32-7-2-4-9-34(32)35;1-3-2/h1-4,6-9,11-14,35-36,46H,5,10,15-28,41H2,(H,42,50)(H,43,47)(H,44,49)(H,45,48);3H2,1-2H3/t36-;/m1./s1. The number of carbonyl (C=O) groups excluding carboxylic acids is 4. The fraction of sp³-hybridized carbons (Fsp3) is 0.488. The Morgan fingerprint density at radius 2 is 1.28 bits per heavy atom. The second-order valence-corrected chi connectivity index (χ2v) is 13.3. The topological polar surface area (TPSA) is 209 Å². The Hall–Kier alpha value is -4.90. The van der Waals surface area contributed by atoms with E-state index >= 15 is 0 Å². The quantitative estimate of drug-likeness (QED) is 0.0642. The third kappa shape index (κ3) is 17.7. The zero-order valence-electron chi connectivity index (χ0n) is 33.8. The molecule has 4 amide bonds. The minimum absolute atomic E-state index is 0.0101. The molecule has 4 rings (SSSR count).